The zero-order chi connectivity index (χ0) is 17.4. The largest absolute Gasteiger partial charge is 0.487 e. The SMILES string of the molecule is O=C(CCNS(=O)(=O)c1cccs1)OCCOc1ccccc1F. The molecule has 0 radical (unpaired) electrons. The summed E-state index contributed by atoms with van der Waals surface area (Å²) in [5, 5.41) is 1.65. The summed E-state index contributed by atoms with van der Waals surface area (Å²) in [4.78, 5) is 11.5. The number of thiophene rings is 1. The molecular formula is C15H16FNO5S2. The van der Waals surface area contributed by atoms with Gasteiger partial charge in [0.2, 0.25) is 10.0 Å². The minimum absolute atomic E-state index is 0.00754. The van der Waals surface area contributed by atoms with Crippen LogP contribution >= 0.6 is 11.3 Å². The monoisotopic (exact) mass is 373 g/mol. The topological polar surface area (TPSA) is 81.7 Å². The van der Waals surface area contributed by atoms with Crippen LogP contribution in [0, 0.1) is 5.82 Å². The van der Waals surface area contributed by atoms with Crippen LogP contribution in [0.25, 0.3) is 0 Å². The van der Waals surface area contributed by atoms with E-state index in [0.717, 1.165) is 11.3 Å². The van der Waals surface area contributed by atoms with Crippen LogP contribution in [-0.2, 0) is 19.6 Å². The first kappa shape index (κ1) is 18.4. The molecule has 6 nitrogen and oxygen atoms in total. The van der Waals surface area contributed by atoms with Crippen LogP contribution in [0.15, 0.2) is 46.0 Å². The number of sulfonamides is 1. The Morgan fingerprint density at radius 3 is 2.67 bits per heavy atom. The molecule has 0 spiro atoms. The Labute approximate surface area is 143 Å². The number of esters is 1. The van der Waals surface area contributed by atoms with Crippen LogP contribution in [-0.4, -0.2) is 34.1 Å². The van der Waals surface area contributed by atoms with Crippen molar-refractivity contribution in [2.75, 3.05) is 19.8 Å². The van der Waals surface area contributed by atoms with E-state index < -0.39 is 21.8 Å². The normalized spacial score (nSPS) is 11.2. The third kappa shape index (κ3) is 5.59. The van der Waals surface area contributed by atoms with Crippen LogP contribution in [0.1, 0.15) is 6.42 Å². The van der Waals surface area contributed by atoms with E-state index >= 15 is 0 Å². The maximum atomic E-state index is 13.3. The van der Waals surface area contributed by atoms with Gasteiger partial charge in [-0.1, -0.05) is 18.2 Å². The summed E-state index contributed by atoms with van der Waals surface area (Å²) in [6.07, 6.45) is -0.107. The number of carbonyl (C=O) groups is 1. The van der Waals surface area contributed by atoms with E-state index in [2.05, 4.69) is 4.72 Å². The van der Waals surface area contributed by atoms with Gasteiger partial charge in [0.05, 0.1) is 6.42 Å². The third-order valence-corrected chi connectivity index (χ3v) is 5.68. The summed E-state index contributed by atoms with van der Waals surface area (Å²) in [6.45, 7) is -0.105. The molecule has 0 aliphatic carbocycles. The minimum atomic E-state index is -3.58. The van der Waals surface area contributed by atoms with E-state index in [0.29, 0.717) is 0 Å². The van der Waals surface area contributed by atoms with Crippen LogP contribution in [0.4, 0.5) is 4.39 Å². The first-order chi connectivity index (χ1) is 11.5. The van der Waals surface area contributed by atoms with Crippen molar-refractivity contribution in [2.24, 2.45) is 0 Å². The number of para-hydroxylation sites is 1. The molecule has 1 N–H and O–H groups in total. The van der Waals surface area contributed by atoms with E-state index in [1.165, 1.54) is 18.2 Å². The molecule has 0 bridgehead atoms. The van der Waals surface area contributed by atoms with E-state index in [4.69, 9.17) is 9.47 Å². The van der Waals surface area contributed by atoms with Crippen LogP contribution in [0.5, 0.6) is 5.75 Å². The second-order valence-corrected chi connectivity index (χ2v) is 7.52. The molecule has 24 heavy (non-hydrogen) atoms. The average molecular weight is 373 g/mol. The van der Waals surface area contributed by atoms with E-state index in [-0.39, 0.29) is 36.1 Å². The minimum Gasteiger partial charge on any atom is -0.487 e. The molecule has 1 aromatic carbocycles. The summed E-state index contributed by atoms with van der Waals surface area (Å²) in [7, 11) is -3.58. The van der Waals surface area contributed by atoms with Gasteiger partial charge in [0.1, 0.15) is 17.4 Å². The summed E-state index contributed by atoms with van der Waals surface area (Å²) < 4.78 is 49.4. The Balaban J connectivity index is 1.63. The molecule has 130 valence electrons. The van der Waals surface area contributed by atoms with E-state index in [1.807, 2.05) is 0 Å². The molecular weight excluding hydrogens is 357 g/mol. The highest BCUT2D eigenvalue weighted by atomic mass is 32.2. The highest BCUT2D eigenvalue weighted by Gasteiger charge is 2.15. The lowest BCUT2D eigenvalue weighted by atomic mass is 10.3. The molecule has 0 saturated heterocycles. The summed E-state index contributed by atoms with van der Waals surface area (Å²) >= 11 is 1.09. The number of carbonyl (C=O) groups excluding carboxylic acids is 1. The second-order valence-electron chi connectivity index (χ2n) is 4.58. The van der Waals surface area contributed by atoms with Crippen molar-refractivity contribution in [3.63, 3.8) is 0 Å². The summed E-state index contributed by atoms with van der Waals surface area (Å²) in [5.74, 6) is -0.981. The average Bonchev–Trinajstić information content (AvgIpc) is 3.08. The maximum Gasteiger partial charge on any atom is 0.307 e. The number of halogens is 1. The fourth-order valence-electron chi connectivity index (χ4n) is 1.72. The van der Waals surface area contributed by atoms with Crippen molar-refractivity contribution in [3.8, 4) is 5.75 Å². The van der Waals surface area contributed by atoms with Gasteiger partial charge in [0.15, 0.2) is 11.6 Å². The molecule has 0 saturated carbocycles. The molecule has 1 heterocycles. The van der Waals surface area contributed by atoms with Crippen LogP contribution in [0.2, 0.25) is 0 Å². The molecule has 0 fully saturated rings. The Hall–Kier alpha value is -1.97. The Morgan fingerprint density at radius 1 is 1.17 bits per heavy atom. The number of hydrogen-bond acceptors (Lipinski definition) is 6. The molecule has 0 aliphatic rings. The van der Waals surface area contributed by atoms with Gasteiger partial charge in [0.25, 0.3) is 0 Å². The standard InChI is InChI=1S/C15H16FNO5S2/c16-12-4-1-2-5-13(12)21-9-10-22-14(18)7-8-17-24(19,20)15-6-3-11-23-15/h1-6,11,17H,7-10H2. The van der Waals surface area contributed by atoms with Gasteiger partial charge in [-0.15, -0.1) is 11.3 Å². The first-order valence-electron chi connectivity index (χ1n) is 7.05. The Morgan fingerprint density at radius 2 is 1.96 bits per heavy atom. The first-order valence-corrected chi connectivity index (χ1v) is 9.41. The predicted octanol–water partition coefficient (Wildman–Crippen LogP) is 2.18. The zero-order valence-electron chi connectivity index (χ0n) is 12.6. The van der Waals surface area contributed by atoms with E-state index in [1.54, 1.807) is 23.6 Å². The van der Waals surface area contributed by atoms with Gasteiger partial charge in [-0.05, 0) is 23.6 Å². The molecule has 9 heteroatoms. The van der Waals surface area contributed by atoms with Gasteiger partial charge in [-0.3, -0.25) is 4.79 Å². The van der Waals surface area contributed by atoms with Crippen molar-refractivity contribution in [3.05, 3.63) is 47.6 Å². The molecule has 2 aromatic rings. The lowest BCUT2D eigenvalue weighted by Crippen LogP contribution is -2.26. The van der Waals surface area contributed by atoms with Crippen molar-refractivity contribution in [2.45, 2.75) is 10.6 Å². The zero-order valence-corrected chi connectivity index (χ0v) is 14.2. The number of benzene rings is 1. The molecule has 2 rings (SSSR count). The lowest BCUT2D eigenvalue weighted by molar-refractivity contribution is -0.144. The van der Waals surface area contributed by atoms with E-state index in [9.17, 15) is 17.6 Å². The summed E-state index contributed by atoms with van der Waals surface area (Å²) in [5.41, 5.74) is 0. The van der Waals surface area contributed by atoms with Crippen molar-refractivity contribution < 1.29 is 27.1 Å². The second kappa shape index (κ2) is 8.76. The summed E-state index contributed by atoms with van der Waals surface area (Å²) in [6, 6.07) is 9.01. The van der Waals surface area contributed by atoms with Gasteiger partial charge in [0, 0.05) is 6.54 Å². The van der Waals surface area contributed by atoms with Crippen molar-refractivity contribution in [1.29, 1.82) is 0 Å². The van der Waals surface area contributed by atoms with Crippen LogP contribution < -0.4 is 9.46 Å². The molecule has 0 atom stereocenters. The van der Waals surface area contributed by atoms with Crippen molar-refractivity contribution in [1.82, 2.24) is 4.72 Å². The smallest absolute Gasteiger partial charge is 0.307 e. The highest BCUT2D eigenvalue weighted by molar-refractivity contribution is 7.91. The third-order valence-electron chi connectivity index (χ3n) is 2.82. The maximum absolute atomic E-state index is 13.3. The number of hydrogen-bond donors (Lipinski definition) is 1. The number of nitrogens with one attached hydrogen (secondary N) is 1. The lowest BCUT2D eigenvalue weighted by Gasteiger charge is -2.08. The quantitative estimate of drug-likeness (QED) is 0.538. The number of rotatable bonds is 9. The molecule has 0 unspecified atom stereocenters. The van der Waals surface area contributed by atoms with Crippen LogP contribution in [0.3, 0.4) is 0 Å². The Kier molecular flexibility index (Phi) is 6.71. The fraction of sp³-hybridized carbons (Fsp3) is 0.267. The van der Waals surface area contributed by atoms with Gasteiger partial charge in [-0.2, -0.15) is 0 Å². The Bertz CT molecular complexity index is 762. The molecule has 0 amide bonds. The molecule has 1 aromatic heterocycles. The fourth-order valence-corrected chi connectivity index (χ4v) is 3.79. The van der Waals surface area contributed by atoms with Gasteiger partial charge < -0.3 is 9.47 Å². The van der Waals surface area contributed by atoms with Gasteiger partial charge >= 0.3 is 5.97 Å². The van der Waals surface area contributed by atoms with Crippen molar-refractivity contribution >= 4 is 27.3 Å². The predicted molar refractivity (Wildman–Crippen MR) is 87.0 cm³/mol. The molecule has 0 aliphatic heterocycles. The number of ether oxygens (including phenoxy) is 2. The van der Waals surface area contributed by atoms with Gasteiger partial charge in [-0.25, -0.2) is 17.5 Å². The highest BCUT2D eigenvalue weighted by Crippen LogP contribution is 2.15.